The molecule has 6 atom stereocenters. The van der Waals surface area contributed by atoms with Crippen LogP contribution in [0.2, 0.25) is 0 Å². The SMILES string of the molecule is Cc1nc2n(c1C)C1OC1C1=C(N2C)N(C2OC(CO)C(O)C2O)CC=N1. The number of hydrogen-bond donors (Lipinski definition) is 3. The van der Waals surface area contributed by atoms with E-state index in [-0.39, 0.29) is 18.9 Å². The van der Waals surface area contributed by atoms with Crippen LogP contribution in [0.1, 0.15) is 17.6 Å². The Labute approximate surface area is 155 Å². The van der Waals surface area contributed by atoms with Gasteiger partial charge in [-0.3, -0.25) is 14.5 Å². The van der Waals surface area contributed by atoms with Gasteiger partial charge in [-0.15, -0.1) is 0 Å². The molecule has 10 nitrogen and oxygen atoms in total. The van der Waals surface area contributed by atoms with Crippen molar-refractivity contribution < 1.29 is 24.8 Å². The zero-order chi connectivity index (χ0) is 19.0. The summed E-state index contributed by atoms with van der Waals surface area (Å²) in [5, 5.41) is 30.1. The number of ether oxygens (including phenoxy) is 2. The maximum atomic E-state index is 10.5. The minimum atomic E-state index is -1.16. The second kappa shape index (κ2) is 5.76. The van der Waals surface area contributed by atoms with Crippen LogP contribution in [0.3, 0.4) is 0 Å². The zero-order valence-corrected chi connectivity index (χ0v) is 15.3. The smallest absolute Gasteiger partial charge is 0.213 e. The Morgan fingerprint density at radius 3 is 2.67 bits per heavy atom. The van der Waals surface area contributed by atoms with E-state index in [1.165, 1.54) is 0 Å². The highest BCUT2D eigenvalue weighted by molar-refractivity contribution is 5.66. The lowest BCUT2D eigenvalue weighted by atomic mass is 10.1. The summed E-state index contributed by atoms with van der Waals surface area (Å²) in [7, 11) is 1.90. The third-order valence-electron chi connectivity index (χ3n) is 5.81. The number of fused-ring (bicyclic) bond motifs is 4. The van der Waals surface area contributed by atoms with Crippen LogP contribution in [0, 0.1) is 13.8 Å². The van der Waals surface area contributed by atoms with Gasteiger partial charge in [-0.2, -0.15) is 0 Å². The molecule has 2 fully saturated rings. The molecule has 0 aliphatic carbocycles. The number of aliphatic imine (C=N–C) groups is 1. The second-order valence-electron chi connectivity index (χ2n) is 7.36. The Balaban J connectivity index is 1.58. The number of aromatic nitrogens is 2. The first kappa shape index (κ1) is 17.1. The van der Waals surface area contributed by atoms with E-state index >= 15 is 0 Å². The number of aliphatic hydroxyl groups is 3. The minimum absolute atomic E-state index is 0.154. The van der Waals surface area contributed by atoms with Crippen LogP contribution < -0.4 is 4.90 Å². The molecule has 0 saturated carbocycles. The van der Waals surface area contributed by atoms with Crippen molar-refractivity contribution in [2.75, 3.05) is 25.1 Å². The molecule has 1 aromatic heterocycles. The molecule has 0 spiro atoms. The van der Waals surface area contributed by atoms with Gasteiger partial charge in [0.25, 0.3) is 0 Å². The Kier molecular flexibility index (Phi) is 3.66. The highest BCUT2D eigenvalue weighted by Crippen LogP contribution is 2.49. The molecule has 0 bridgehead atoms. The van der Waals surface area contributed by atoms with Crippen LogP contribution in [0.25, 0.3) is 0 Å². The second-order valence-corrected chi connectivity index (χ2v) is 7.36. The maximum Gasteiger partial charge on any atom is 0.213 e. The van der Waals surface area contributed by atoms with E-state index in [0.29, 0.717) is 6.54 Å². The summed E-state index contributed by atoms with van der Waals surface area (Å²) in [5.74, 6) is 1.46. The predicted molar refractivity (Wildman–Crippen MR) is 94.0 cm³/mol. The number of anilines is 1. The van der Waals surface area contributed by atoms with E-state index in [0.717, 1.165) is 28.9 Å². The van der Waals surface area contributed by atoms with Gasteiger partial charge in [0.15, 0.2) is 18.6 Å². The Morgan fingerprint density at radius 1 is 1.19 bits per heavy atom. The highest BCUT2D eigenvalue weighted by atomic mass is 16.6. The van der Waals surface area contributed by atoms with Gasteiger partial charge in [0, 0.05) is 19.0 Å². The Morgan fingerprint density at radius 2 is 1.96 bits per heavy atom. The summed E-state index contributed by atoms with van der Waals surface area (Å²) in [6.07, 6.45) is -2.57. The summed E-state index contributed by atoms with van der Waals surface area (Å²) in [4.78, 5) is 13.0. The fourth-order valence-electron chi connectivity index (χ4n) is 4.19. The molecule has 5 rings (SSSR count). The van der Waals surface area contributed by atoms with E-state index < -0.39 is 24.5 Å². The predicted octanol–water partition coefficient (Wildman–Crippen LogP) is -1.16. The minimum Gasteiger partial charge on any atom is -0.394 e. The first-order chi connectivity index (χ1) is 12.9. The van der Waals surface area contributed by atoms with E-state index in [9.17, 15) is 15.3 Å². The highest BCUT2D eigenvalue weighted by Gasteiger charge is 2.54. The van der Waals surface area contributed by atoms with Crippen molar-refractivity contribution in [2.24, 2.45) is 4.99 Å². The lowest BCUT2D eigenvalue weighted by Crippen LogP contribution is -2.49. The van der Waals surface area contributed by atoms with Crippen molar-refractivity contribution in [3.05, 3.63) is 22.9 Å². The fraction of sp³-hybridized carbons (Fsp3) is 0.647. The van der Waals surface area contributed by atoms with Gasteiger partial charge in [-0.25, -0.2) is 4.98 Å². The first-order valence-electron chi connectivity index (χ1n) is 9.04. The molecule has 27 heavy (non-hydrogen) atoms. The van der Waals surface area contributed by atoms with Crippen molar-refractivity contribution in [1.82, 2.24) is 14.5 Å². The quantitative estimate of drug-likeness (QED) is 0.553. The number of imidazole rings is 1. The number of epoxide rings is 1. The Bertz CT molecular complexity index is 851. The van der Waals surface area contributed by atoms with Crippen molar-refractivity contribution in [3.63, 3.8) is 0 Å². The number of aryl methyl sites for hydroxylation is 1. The number of nitrogens with zero attached hydrogens (tertiary/aromatic N) is 5. The normalized spacial score (nSPS) is 37.3. The van der Waals surface area contributed by atoms with Gasteiger partial charge in [0.05, 0.1) is 18.8 Å². The monoisotopic (exact) mass is 377 g/mol. The van der Waals surface area contributed by atoms with Gasteiger partial charge in [-0.05, 0) is 13.8 Å². The summed E-state index contributed by atoms with van der Waals surface area (Å²) in [6, 6.07) is 0. The number of rotatable bonds is 2. The molecule has 4 aliphatic rings. The van der Waals surface area contributed by atoms with Crippen molar-refractivity contribution in [2.45, 2.75) is 50.7 Å². The van der Waals surface area contributed by atoms with E-state index in [1.807, 2.05) is 30.7 Å². The van der Waals surface area contributed by atoms with Crippen molar-refractivity contribution in [1.29, 1.82) is 0 Å². The molecule has 0 radical (unpaired) electrons. The van der Waals surface area contributed by atoms with Gasteiger partial charge in [0.2, 0.25) is 5.95 Å². The molecule has 0 aromatic carbocycles. The van der Waals surface area contributed by atoms with E-state index in [1.54, 1.807) is 6.21 Å². The lowest BCUT2D eigenvalue weighted by Gasteiger charge is -2.38. The van der Waals surface area contributed by atoms with Gasteiger partial charge < -0.3 is 29.7 Å². The molecule has 5 heterocycles. The van der Waals surface area contributed by atoms with Crippen LogP contribution in [0.4, 0.5) is 5.95 Å². The third-order valence-corrected chi connectivity index (χ3v) is 5.81. The molecule has 1 aromatic rings. The molecular weight excluding hydrogens is 354 g/mol. The molecule has 10 heteroatoms. The van der Waals surface area contributed by atoms with Crippen LogP contribution in [0.5, 0.6) is 0 Å². The van der Waals surface area contributed by atoms with E-state index in [4.69, 9.17) is 9.47 Å². The van der Waals surface area contributed by atoms with Gasteiger partial charge in [-0.1, -0.05) is 0 Å². The topological polar surface area (TPSA) is 119 Å². The van der Waals surface area contributed by atoms with Crippen LogP contribution in [0.15, 0.2) is 16.5 Å². The molecule has 3 N–H and O–H groups in total. The average molecular weight is 377 g/mol. The molecule has 4 aliphatic heterocycles. The standard InChI is InChI=1S/C17H23N5O5/c1-7-8(2)22-16-13(27-16)10-14(20(3)17(22)19-7)21(5-4-18-10)15-12(25)11(24)9(6-23)26-15/h4,9,11-13,15-16,23-25H,5-6H2,1-3H3. The van der Waals surface area contributed by atoms with Crippen LogP contribution >= 0.6 is 0 Å². The maximum absolute atomic E-state index is 10.5. The average Bonchev–Trinajstić information content (AvgIpc) is 3.33. The summed E-state index contributed by atoms with van der Waals surface area (Å²) < 4.78 is 13.7. The molecular formula is C17H23N5O5. The fourth-order valence-corrected chi connectivity index (χ4v) is 4.19. The summed E-state index contributed by atoms with van der Waals surface area (Å²) in [6.45, 7) is 4.00. The summed E-state index contributed by atoms with van der Waals surface area (Å²) >= 11 is 0. The van der Waals surface area contributed by atoms with Crippen molar-refractivity contribution >= 4 is 12.2 Å². The lowest BCUT2D eigenvalue weighted by molar-refractivity contribution is -0.0809. The van der Waals surface area contributed by atoms with Crippen LogP contribution in [-0.4, -0.2) is 86.8 Å². The first-order valence-corrected chi connectivity index (χ1v) is 9.04. The number of hydrogen-bond acceptors (Lipinski definition) is 9. The van der Waals surface area contributed by atoms with Crippen molar-refractivity contribution in [3.8, 4) is 0 Å². The largest absolute Gasteiger partial charge is 0.394 e. The van der Waals surface area contributed by atoms with Gasteiger partial charge in [0.1, 0.15) is 29.8 Å². The molecule has 6 unspecified atom stereocenters. The molecule has 0 amide bonds. The number of aliphatic hydroxyl groups excluding tert-OH is 3. The molecule has 2 saturated heterocycles. The van der Waals surface area contributed by atoms with Crippen LogP contribution in [-0.2, 0) is 9.47 Å². The van der Waals surface area contributed by atoms with Gasteiger partial charge >= 0.3 is 0 Å². The zero-order valence-electron chi connectivity index (χ0n) is 15.3. The summed E-state index contributed by atoms with van der Waals surface area (Å²) in [5.41, 5.74) is 2.70. The third kappa shape index (κ3) is 2.25. The Hall–Kier alpha value is -1.98. The molecule has 146 valence electrons. The van der Waals surface area contributed by atoms with E-state index in [2.05, 4.69) is 14.5 Å².